The third kappa shape index (κ3) is 4.00. The Bertz CT molecular complexity index is 986. The Morgan fingerprint density at radius 1 is 1.00 bits per heavy atom. The quantitative estimate of drug-likeness (QED) is 0.709. The number of carbonyl (C=O) groups is 1. The minimum absolute atomic E-state index is 0.174. The molecule has 0 atom stereocenters. The van der Waals surface area contributed by atoms with Crippen LogP contribution in [0.25, 0.3) is 10.8 Å². The van der Waals surface area contributed by atoms with Crippen LogP contribution in [-0.4, -0.2) is 11.0 Å². The fourth-order valence-electron chi connectivity index (χ4n) is 2.63. The second kappa shape index (κ2) is 7.56. The van der Waals surface area contributed by atoms with Gasteiger partial charge in [-0.05, 0) is 40.7 Å². The standard InChI is InChI=1S/C20H15N3OS/c21-13-16-7-2-4-11-18(16)22-20(25)23-19(24)12-15-9-5-8-14-6-1-3-10-17(14)15/h1-11H,12H2,(H2,22,23,24,25). The number of rotatable bonds is 3. The number of hydrogen-bond acceptors (Lipinski definition) is 3. The number of anilines is 1. The fourth-order valence-corrected chi connectivity index (χ4v) is 2.86. The molecule has 0 aromatic heterocycles. The molecule has 3 aromatic rings. The highest BCUT2D eigenvalue weighted by Gasteiger charge is 2.10. The summed E-state index contributed by atoms with van der Waals surface area (Å²) in [5, 5.41) is 17.0. The zero-order valence-electron chi connectivity index (χ0n) is 13.3. The fraction of sp³-hybridized carbons (Fsp3) is 0.0500. The highest BCUT2D eigenvalue weighted by molar-refractivity contribution is 7.80. The van der Waals surface area contributed by atoms with Gasteiger partial charge >= 0.3 is 0 Å². The smallest absolute Gasteiger partial charge is 0.230 e. The van der Waals surface area contributed by atoms with Gasteiger partial charge in [0.1, 0.15) is 6.07 Å². The molecule has 0 aliphatic carbocycles. The molecule has 0 aliphatic rings. The van der Waals surface area contributed by atoms with Crippen LogP contribution in [0.3, 0.4) is 0 Å². The lowest BCUT2D eigenvalue weighted by Crippen LogP contribution is -2.35. The third-order valence-electron chi connectivity index (χ3n) is 3.78. The lowest BCUT2D eigenvalue weighted by molar-refractivity contribution is -0.119. The molecule has 0 unspecified atom stereocenters. The summed E-state index contributed by atoms with van der Waals surface area (Å²) in [5.74, 6) is -0.205. The highest BCUT2D eigenvalue weighted by Crippen LogP contribution is 2.19. The van der Waals surface area contributed by atoms with Crippen molar-refractivity contribution in [3.63, 3.8) is 0 Å². The summed E-state index contributed by atoms with van der Waals surface area (Å²) in [5.41, 5.74) is 1.98. The van der Waals surface area contributed by atoms with Gasteiger partial charge in [-0.2, -0.15) is 5.26 Å². The van der Waals surface area contributed by atoms with E-state index in [0.717, 1.165) is 16.3 Å². The van der Waals surface area contributed by atoms with Gasteiger partial charge in [0.2, 0.25) is 5.91 Å². The van der Waals surface area contributed by atoms with Crippen LogP contribution >= 0.6 is 12.2 Å². The van der Waals surface area contributed by atoms with Crippen molar-refractivity contribution in [1.82, 2.24) is 5.32 Å². The maximum Gasteiger partial charge on any atom is 0.230 e. The van der Waals surface area contributed by atoms with E-state index in [1.165, 1.54) is 0 Å². The molecule has 2 N–H and O–H groups in total. The van der Waals surface area contributed by atoms with Crippen molar-refractivity contribution in [3.8, 4) is 6.07 Å². The van der Waals surface area contributed by atoms with Gasteiger partial charge in [0.25, 0.3) is 0 Å². The summed E-state index contributed by atoms with van der Waals surface area (Å²) in [4.78, 5) is 12.3. The van der Waals surface area contributed by atoms with E-state index in [4.69, 9.17) is 17.5 Å². The number of thiocarbonyl (C=S) groups is 1. The number of benzene rings is 3. The summed E-state index contributed by atoms with van der Waals surface area (Å²) in [6.07, 6.45) is 0.225. The summed E-state index contributed by atoms with van der Waals surface area (Å²) in [6.45, 7) is 0. The molecular formula is C20H15N3OS. The molecule has 5 heteroatoms. The first kappa shape index (κ1) is 16.6. The SMILES string of the molecule is N#Cc1ccccc1NC(=S)NC(=O)Cc1cccc2ccccc12. The van der Waals surface area contributed by atoms with E-state index in [0.29, 0.717) is 11.3 Å². The Hall–Kier alpha value is -3.23. The normalized spacial score (nSPS) is 10.0. The van der Waals surface area contributed by atoms with Gasteiger partial charge in [-0.1, -0.05) is 54.6 Å². The molecule has 4 nitrogen and oxygen atoms in total. The molecular weight excluding hydrogens is 330 g/mol. The van der Waals surface area contributed by atoms with E-state index in [2.05, 4.69) is 16.7 Å². The van der Waals surface area contributed by atoms with Gasteiger partial charge in [-0.15, -0.1) is 0 Å². The first-order valence-electron chi connectivity index (χ1n) is 7.74. The minimum atomic E-state index is -0.205. The number of fused-ring (bicyclic) bond motifs is 1. The summed E-state index contributed by atoms with van der Waals surface area (Å²) < 4.78 is 0. The van der Waals surface area contributed by atoms with Crippen molar-refractivity contribution in [2.75, 3.05) is 5.32 Å². The van der Waals surface area contributed by atoms with Gasteiger partial charge in [0, 0.05) is 0 Å². The summed E-state index contributed by atoms with van der Waals surface area (Å²) in [7, 11) is 0. The molecule has 0 heterocycles. The lowest BCUT2D eigenvalue weighted by Gasteiger charge is -2.11. The Kier molecular flexibility index (Phi) is 5.03. The Morgan fingerprint density at radius 2 is 1.72 bits per heavy atom. The first-order valence-corrected chi connectivity index (χ1v) is 8.15. The topological polar surface area (TPSA) is 64.9 Å². The van der Waals surface area contributed by atoms with Gasteiger partial charge in [0.05, 0.1) is 17.7 Å². The van der Waals surface area contributed by atoms with Crippen molar-refractivity contribution >= 4 is 39.7 Å². The Labute approximate surface area is 151 Å². The molecule has 25 heavy (non-hydrogen) atoms. The van der Waals surface area contributed by atoms with Crippen molar-refractivity contribution in [3.05, 3.63) is 77.9 Å². The number of nitrogens with one attached hydrogen (secondary N) is 2. The van der Waals surface area contributed by atoms with E-state index < -0.39 is 0 Å². The van der Waals surface area contributed by atoms with Crippen LogP contribution in [0.2, 0.25) is 0 Å². The Morgan fingerprint density at radius 3 is 2.56 bits per heavy atom. The molecule has 3 aromatic carbocycles. The second-order valence-corrected chi connectivity index (χ2v) is 5.88. The van der Waals surface area contributed by atoms with E-state index in [1.54, 1.807) is 24.3 Å². The van der Waals surface area contributed by atoms with E-state index in [9.17, 15) is 4.79 Å². The first-order chi connectivity index (χ1) is 12.2. The average molecular weight is 345 g/mol. The van der Waals surface area contributed by atoms with Crippen LogP contribution < -0.4 is 10.6 Å². The predicted molar refractivity (Wildman–Crippen MR) is 103 cm³/mol. The van der Waals surface area contributed by atoms with Crippen LogP contribution in [0.5, 0.6) is 0 Å². The molecule has 0 saturated heterocycles. The van der Waals surface area contributed by atoms with Gasteiger partial charge in [0.15, 0.2) is 5.11 Å². The highest BCUT2D eigenvalue weighted by atomic mass is 32.1. The molecule has 0 aliphatic heterocycles. The number of para-hydroxylation sites is 1. The maximum absolute atomic E-state index is 12.3. The minimum Gasteiger partial charge on any atom is -0.331 e. The molecule has 0 spiro atoms. The number of nitriles is 1. The van der Waals surface area contributed by atoms with Crippen molar-refractivity contribution in [2.24, 2.45) is 0 Å². The van der Waals surface area contributed by atoms with Gasteiger partial charge in [-0.25, -0.2) is 0 Å². The van der Waals surface area contributed by atoms with Gasteiger partial charge < -0.3 is 10.6 Å². The van der Waals surface area contributed by atoms with Crippen LogP contribution in [0.4, 0.5) is 5.69 Å². The third-order valence-corrected chi connectivity index (χ3v) is 3.98. The zero-order chi connectivity index (χ0) is 17.6. The number of hydrogen-bond donors (Lipinski definition) is 2. The number of carbonyl (C=O) groups excluding carboxylic acids is 1. The molecule has 1 amide bonds. The lowest BCUT2D eigenvalue weighted by atomic mass is 10.0. The molecule has 0 saturated carbocycles. The van der Waals surface area contributed by atoms with Crippen LogP contribution in [0.1, 0.15) is 11.1 Å². The Balaban J connectivity index is 1.68. The molecule has 0 fully saturated rings. The number of nitrogens with zero attached hydrogens (tertiary/aromatic N) is 1. The van der Waals surface area contributed by atoms with Crippen LogP contribution in [-0.2, 0) is 11.2 Å². The summed E-state index contributed by atoms with van der Waals surface area (Å²) >= 11 is 5.18. The van der Waals surface area contributed by atoms with Gasteiger partial charge in [-0.3, -0.25) is 4.79 Å². The predicted octanol–water partition coefficient (Wildman–Crippen LogP) is 3.77. The molecule has 122 valence electrons. The van der Waals surface area contributed by atoms with Crippen LogP contribution in [0.15, 0.2) is 66.7 Å². The molecule has 3 rings (SSSR count). The second-order valence-electron chi connectivity index (χ2n) is 5.47. The van der Waals surface area contributed by atoms with E-state index in [1.807, 2.05) is 42.5 Å². The summed E-state index contributed by atoms with van der Waals surface area (Å²) in [6, 6.07) is 22.9. The van der Waals surface area contributed by atoms with Crippen molar-refractivity contribution in [1.29, 1.82) is 5.26 Å². The zero-order valence-corrected chi connectivity index (χ0v) is 14.1. The van der Waals surface area contributed by atoms with E-state index >= 15 is 0 Å². The number of amides is 1. The molecule has 0 bridgehead atoms. The molecule has 0 radical (unpaired) electrons. The van der Waals surface area contributed by atoms with Crippen LogP contribution in [0, 0.1) is 11.3 Å². The van der Waals surface area contributed by atoms with Crippen molar-refractivity contribution < 1.29 is 4.79 Å². The maximum atomic E-state index is 12.3. The monoisotopic (exact) mass is 345 g/mol. The largest absolute Gasteiger partial charge is 0.331 e. The average Bonchev–Trinajstić information content (AvgIpc) is 2.62. The van der Waals surface area contributed by atoms with E-state index in [-0.39, 0.29) is 17.4 Å². The van der Waals surface area contributed by atoms with Crippen molar-refractivity contribution in [2.45, 2.75) is 6.42 Å².